The van der Waals surface area contributed by atoms with Gasteiger partial charge < -0.3 is 9.84 Å². The highest BCUT2D eigenvalue weighted by Crippen LogP contribution is 1.98. The molecule has 0 aromatic heterocycles. The number of likely N-dealkylation sites (N-methyl/N-ethyl adjacent to an activating group) is 1. The fourth-order valence-corrected chi connectivity index (χ4v) is 1.36. The number of carbonyl (C=O) groups is 1. The van der Waals surface area contributed by atoms with Gasteiger partial charge in [-0.25, -0.2) is 0 Å². The Bertz CT molecular complexity index is 162. The highest BCUT2D eigenvalue weighted by atomic mass is 16.5. The van der Waals surface area contributed by atoms with E-state index in [2.05, 4.69) is 4.90 Å². The number of hydrogen-bond donors (Lipinski definition) is 1. The van der Waals surface area contributed by atoms with Crippen molar-refractivity contribution in [2.45, 2.75) is 33.1 Å². The predicted octanol–water partition coefficient (Wildman–Crippen LogP) is 1.03. The lowest BCUT2D eigenvalue weighted by atomic mass is 10.2. The van der Waals surface area contributed by atoms with E-state index in [0.29, 0.717) is 13.2 Å². The molecule has 15 heavy (non-hydrogen) atoms. The molecule has 0 heterocycles. The van der Waals surface area contributed by atoms with E-state index in [0.717, 1.165) is 32.4 Å². The molecule has 4 heteroatoms. The highest BCUT2D eigenvalue weighted by Gasteiger charge is 2.08. The first-order valence-electron chi connectivity index (χ1n) is 5.73. The van der Waals surface area contributed by atoms with Crippen LogP contribution >= 0.6 is 0 Å². The monoisotopic (exact) mass is 217 g/mol. The third kappa shape index (κ3) is 8.39. The lowest BCUT2D eigenvalue weighted by molar-refractivity contribution is -0.144. The molecule has 1 N–H and O–H groups in total. The molecule has 0 radical (unpaired) electrons. The summed E-state index contributed by atoms with van der Waals surface area (Å²) in [5, 5.41) is 8.62. The summed E-state index contributed by atoms with van der Waals surface area (Å²) in [6.07, 6.45) is 2.88. The molecule has 0 aromatic carbocycles. The van der Waals surface area contributed by atoms with Gasteiger partial charge in [0.05, 0.1) is 13.2 Å². The van der Waals surface area contributed by atoms with Crippen molar-refractivity contribution in [3.63, 3.8) is 0 Å². The van der Waals surface area contributed by atoms with Crippen molar-refractivity contribution in [3.05, 3.63) is 0 Å². The molecule has 0 bridgehead atoms. The van der Waals surface area contributed by atoms with E-state index < -0.39 is 0 Å². The first-order valence-corrected chi connectivity index (χ1v) is 5.73. The lowest BCUT2D eigenvalue weighted by Crippen LogP contribution is -2.31. The topological polar surface area (TPSA) is 49.8 Å². The van der Waals surface area contributed by atoms with Crippen LogP contribution in [0, 0.1) is 0 Å². The minimum atomic E-state index is -0.151. The smallest absolute Gasteiger partial charge is 0.320 e. The van der Waals surface area contributed by atoms with Crippen LogP contribution in [0.2, 0.25) is 0 Å². The largest absolute Gasteiger partial charge is 0.465 e. The summed E-state index contributed by atoms with van der Waals surface area (Å²) >= 11 is 0. The Labute approximate surface area is 92.2 Å². The number of aliphatic hydroxyl groups excluding tert-OH is 1. The SMILES string of the molecule is CCOC(=O)CN(CC)CCCCCO. The van der Waals surface area contributed by atoms with Crippen LogP contribution in [0.4, 0.5) is 0 Å². The van der Waals surface area contributed by atoms with Crippen molar-refractivity contribution >= 4 is 5.97 Å². The fraction of sp³-hybridized carbons (Fsp3) is 0.909. The summed E-state index contributed by atoms with van der Waals surface area (Å²) in [5.74, 6) is -0.151. The number of esters is 1. The second-order valence-electron chi connectivity index (χ2n) is 3.46. The second-order valence-corrected chi connectivity index (χ2v) is 3.46. The molecule has 0 saturated carbocycles. The van der Waals surface area contributed by atoms with Gasteiger partial charge in [-0.15, -0.1) is 0 Å². The zero-order chi connectivity index (χ0) is 11.5. The standard InChI is InChI=1S/C11H23NO3/c1-3-12(8-6-5-7-9-13)10-11(14)15-4-2/h13H,3-10H2,1-2H3. The van der Waals surface area contributed by atoms with Gasteiger partial charge in [-0.05, 0) is 39.3 Å². The summed E-state index contributed by atoms with van der Waals surface area (Å²) in [6, 6.07) is 0. The molecule has 0 atom stereocenters. The molecule has 0 aliphatic carbocycles. The molecule has 0 rings (SSSR count). The maximum Gasteiger partial charge on any atom is 0.320 e. The molecule has 0 aliphatic heterocycles. The molecule has 0 saturated heterocycles. The van der Waals surface area contributed by atoms with Crippen LogP contribution < -0.4 is 0 Å². The van der Waals surface area contributed by atoms with Crippen LogP contribution in [-0.4, -0.2) is 48.8 Å². The fourth-order valence-electron chi connectivity index (χ4n) is 1.36. The zero-order valence-corrected chi connectivity index (χ0v) is 9.87. The van der Waals surface area contributed by atoms with E-state index in [1.807, 2.05) is 13.8 Å². The Morgan fingerprint density at radius 3 is 2.53 bits per heavy atom. The van der Waals surface area contributed by atoms with Crippen LogP contribution in [0.3, 0.4) is 0 Å². The molecule has 0 aliphatic rings. The van der Waals surface area contributed by atoms with Crippen LogP contribution in [0.25, 0.3) is 0 Å². The first kappa shape index (κ1) is 14.4. The lowest BCUT2D eigenvalue weighted by Gasteiger charge is -2.18. The number of aliphatic hydroxyl groups is 1. The van der Waals surface area contributed by atoms with Crippen molar-refractivity contribution in [3.8, 4) is 0 Å². The predicted molar refractivity (Wildman–Crippen MR) is 59.7 cm³/mol. The van der Waals surface area contributed by atoms with Gasteiger partial charge in [0.15, 0.2) is 0 Å². The van der Waals surface area contributed by atoms with Crippen LogP contribution in [0.1, 0.15) is 33.1 Å². The Balaban J connectivity index is 3.58. The molecule has 0 unspecified atom stereocenters. The summed E-state index contributed by atoms with van der Waals surface area (Å²) < 4.78 is 4.88. The van der Waals surface area contributed by atoms with Gasteiger partial charge in [-0.1, -0.05) is 6.92 Å². The number of hydrogen-bond acceptors (Lipinski definition) is 4. The van der Waals surface area contributed by atoms with E-state index >= 15 is 0 Å². The molecule has 0 amide bonds. The van der Waals surface area contributed by atoms with Gasteiger partial charge in [-0.3, -0.25) is 9.69 Å². The van der Waals surface area contributed by atoms with E-state index in [1.165, 1.54) is 0 Å². The van der Waals surface area contributed by atoms with E-state index in [9.17, 15) is 4.79 Å². The first-order chi connectivity index (χ1) is 7.24. The van der Waals surface area contributed by atoms with Gasteiger partial charge in [0.1, 0.15) is 0 Å². The Kier molecular flexibility index (Phi) is 9.52. The quantitative estimate of drug-likeness (QED) is 0.463. The normalized spacial score (nSPS) is 10.7. The Morgan fingerprint density at radius 1 is 1.27 bits per heavy atom. The minimum absolute atomic E-state index is 0.151. The Morgan fingerprint density at radius 2 is 2.00 bits per heavy atom. The summed E-state index contributed by atoms with van der Waals surface area (Å²) in [5.41, 5.74) is 0. The molecule has 0 fully saturated rings. The van der Waals surface area contributed by atoms with Gasteiger partial charge in [0, 0.05) is 6.61 Å². The molecule has 90 valence electrons. The van der Waals surface area contributed by atoms with Gasteiger partial charge in [-0.2, -0.15) is 0 Å². The molecule has 4 nitrogen and oxygen atoms in total. The van der Waals surface area contributed by atoms with Crippen LogP contribution in [0.5, 0.6) is 0 Å². The molecular formula is C11H23NO3. The van der Waals surface area contributed by atoms with Gasteiger partial charge >= 0.3 is 5.97 Å². The molecular weight excluding hydrogens is 194 g/mol. The zero-order valence-electron chi connectivity index (χ0n) is 9.87. The summed E-state index contributed by atoms with van der Waals surface area (Å²) in [7, 11) is 0. The average Bonchev–Trinajstić information content (AvgIpc) is 2.23. The van der Waals surface area contributed by atoms with E-state index in [4.69, 9.17) is 9.84 Å². The van der Waals surface area contributed by atoms with Crippen molar-refractivity contribution in [1.29, 1.82) is 0 Å². The third-order valence-corrected chi connectivity index (χ3v) is 2.24. The average molecular weight is 217 g/mol. The number of unbranched alkanes of at least 4 members (excludes halogenated alkanes) is 2. The summed E-state index contributed by atoms with van der Waals surface area (Å²) in [4.78, 5) is 13.3. The highest BCUT2D eigenvalue weighted by molar-refractivity contribution is 5.71. The van der Waals surface area contributed by atoms with Crippen molar-refractivity contribution < 1.29 is 14.6 Å². The summed E-state index contributed by atoms with van der Waals surface area (Å²) in [6.45, 7) is 6.68. The second kappa shape index (κ2) is 9.93. The Hall–Kier alpha value is -0.610. The van der Waals surface area contributed by atoms with Crippen LogP contribution in [-0.2, 0) is 9.53 Å². The molecule has 0 aromatic rings. The number of nitrogens with zero attached hydrogens (tertiary/aromatic N) is 1. The minimum Gasteiger partial charge on any atom is -0.465 e. The molecule has 0 spiro atoms. The van der Waals surface area contributed by atoms with Crippen molar-refractivity contribution in [1.82, 2.24) is 4.90 Å². The number of rotatable bonds is 9. The van der Waals surface area contributed by atoms with Crippen molar-refractivity contribution in [2.24, 2.45) is 0 Å². The van der Waals surface area contributed by atoms with Gasteiger partial charge in [0.25, 0.3) is 0 Å². The van der Waals surface area contributed by atoms with E-state index in [-0.39, 0.29) is 12.6 Å². The number of ether oxygens (including phenoxy) is 1. The third-order valence-electron chi connectivity index (χ3n) is 2.24. The van der Waals surface area contributed by atoms with Gasteiger partial charge in [0.2, 0.25) is 0 Å². The maximum absolute atomic E-state index is 11.2. The van der Waals surface area contributed by atoms with Crippen molar-refractivity contribution in [2.75, 3.05) is 32.8 Å². The van der Waals surface area contributed by atoms with E-state index in [1.54, 1.807) is 0 Å². The number of carbonyl (C=O) groups excluding carboxylic acids is 1. The maximum atomic E-state index is 11.2. The van der Waals surface area contributed by atoms with Crippen LogP contribution in [0.15, 0.2) is 0 Å².